The predicted octanol–water partition coefficient (Wildman–Crippen LogP) is 2.61. The molecule has 0 aliphatic rings. The summed E-state index contributed by atoms with van der Waals surface area (Å²) in [5, 5.41) is -0.0430. The van der Waals surface area contributed by atoms with E-state index in [2.05, 4.69) is 0 Å². The van der Waals surface area contributed by atoms with Gasteiger partial charge in [0.15, 0.2) is 5.43 Å². The molecule has 0 amide bonds. The first-order valence-corrected chi connectivity index (χ1v) is 5.49. The molecule has 0 aliphatic heterocycles. The van der Waals surface area contributed by atoms with Crippen LogP contribution in [0.25, 0.3) is 10.9 Å². The quantitative estimate of drug-likeness (QED) is 0.840. The van der Waals surface area contributed by atoms with Gasteiger partial charge in [-0.05, 0) is 19.1 Å². The van der Waals surface area contributed by atoms with E-state index in [1.807, 2.05) is 0 Å². The normalized spacial score (nSPS) is 11.8. The fourth-order valence-corrected chi connectivity index (χ4v) is 1.97. The number of pyridine rings is 1. The molecule has 1 aromatic heterocycles. The van der Waals surface area contributed by atoms with E-state index < -0.39 is 17.2 Å². The molecule has 0 fully saturated rings. The number of benzene rings is 1. The molecule has 1 aromatic carbocycles. The van der Waals surface area contributed by atoms with Gasteiger partial charge in [0, 0.05) is 17.6 Å². The van der Waals surface area contributed by atoms with Gasteiger partial charge in [-0.1, -0.05) is 6.07 Å². The second-order valence-corrected chi connectivity index (χ2v) is 4.21. The fraction of sp³-hybridized carbons (Fsp3) is 0.231. The number of fused-ring (bicyclic) bond motifs is 1. The Hall–Kier alpha value is -2.11. The van der Waals surface area contributed by atoms with Gasteiger partial charge in [0.1, 0.15) is 5.78 Å². The van der Waals surface area contributed by atoms with Crippen LogP contribution < -0.4 is 5.43 Å². The molecule has 0 atom stereocenters. The number of hydrogen-bond donors (Lipinski definition) is 0. The number of Topliss-reactive ketones (excluding diaryl/α,β-unsaturated/α-hetero) is 1. The van der Waals surface area contributed by atoms with Gasteiger partial charge >= 0.3 is 6.18 Å². The van der Waals surface area contributed by atoms with E-state index in [0.717, 1.165) is 16.7 Å². The molecular formula is C13H10F3NO2. The maximum atomic E-state index is 13.0. The molecule has 2 rings (SSSR count). The Morgan fingerprint density at radius 2 is 1.95 bits per heavy atom. The first-order chi connectivity index (χ1) is 8.80. The van der Waals surface area contributed by atoms with Crippen molar-refractivity contribution in [3.05, 3.63) is 46.2 Å². The summed E-state index contributed by atoms with van der Waals surface area (Å²) in [5.74, 6) is -0.290. The molecule has 1 heterocycles. The summed E-state index contributed by atoms with van der Waals surface area (Å²) in [6.45, 7) is 1.07. The Morgan fingerprint density at radius 3 is 2.53 bits per heavy atom. The van der Waals surface area contributed by atoms with Crippen molar-refractivity contribution in [3.63, 3.8) is 0 Å². The number of ketones is 1. The Morgan fingerprint density at radius 1 is 1.26 bits per heavy atom. The molecule has 0 aliphatic carbocycles. The van der Waals surface area contributed by atoms with Crippen LogP contribution in [0.5, 0.6) is 0 Å². The van der Waals surface area contributed by atoms with Gasteiger partial charge in [-0.25, -0.2) is 0 Å². The number of alkyl halides is 3. The highest BCUT2D eigenvalue weighted by Gasteiger charge is 2.33. The Bertz CT molecular complexity index is 701. The van der Waals surface area contributed by atoms with Crippen molar-refractivity contribution in [3.8, 4) is 0 Å². The van der Waals surface area contributed by atoms with Crippen LogP contribution >= 0.6 is 0 Å². The van der Waals surface area contributed by atoms with E-state index in [-0.39, 0.29) is 23.2 Å². The van der Waals surface area contributed by atoms with Crippen molar-refractivity contribution in [2.45, 2.75) is 19.6 Å². The van der Waals surface area contributed by atoms with Gasteiger partial charge in [-0.2, -0.15) is 13.2 Å². The fourth-order valence-electron chi connectivity index (χ4n) is 1.97. The zero-order chi connectivity index (χ0) is 14.2. The second-order valence-electron chi connectivity index (χ2n) is 4.21. The lowest BCUT2D eigenvalue weighted by atomic mass is 10.1. The molecule has 0 saturated heterocycles. The van der Waals surface area contributed by atoms with Crippen LogP contribution in [-0.2, 0) is 17.5 Å². The van der Waals surface area contributed by atoms with E-state index in [1.165, 1.54) is 25.3 Å². The lowest BCUT2D eigenvalue weighted by molar-refractivity contribution is -0.136. The number of nitrogens with zero attached hydrogens (tertiary/aromatic N) is 1. The number of para-hydroxylation sites is 1. The molecule has 0 radical (unpaired) electrons. The molecule has 0 saturated carbocycles. The average molecular weight is 269 g/mol. The molecule has 0 N–H and O–H groups in total. The number of rotatable bonds is 2. The van der Waals surface area contributed by atoms with E-state index in [1.54, 1.807) is 0 Å². The third-order valence-electron chi connectivity index (χ3n) is 2.69. The van der Waals surface area contributed by atoms with Crippen molar-refractivity contribution in [2.75, 3.05) is 0 Å². The summed E-state index contributed by atoms with van der Waals surface area (Å²) < 4.78 is 40.1. The van der Waals surface area contributed by atoms with Crippen LogP contribution in [0.3, 0.4) is 0 Å². The second kappa shape index (κ2) is 4.53. The van der Waals surface area contributed by atoms with Crippen LogP contribution in [0, 0.1) is 0 Å². The standard InChI is InChI=1S/C13H10F3NO2/c1-8(18)7-17-6-5-11(19)9-3-2-4-10(12(9)17)13(14,15)16/h2-6H,7H2,1H3. The summed E-state index contributed by atoms with van der Waals surface area (Å²) in [4.78, 5) is 22.8. The zero-order valence-corrected chi connectivity index (χ0v) is 9.99. The molecule has 0 spiro atoms. The zero-order valence-electron chi connectivity index (χ0n) is 9.99. The Balaban J connectivity index is 2.88. The van der Waals surface area contributed by atoms with E-state index in [0.29, 0.717) is 0 Å². The minimum absolute atomic E-state index is 0.0430. The summed E-state index contributed by atoms with van der Waals surface area (Å²) in [6.07, 6.45) is -3.37. The lowest BCUT2D eigenvalue weighted by Crippen LogP contribution is -2.16. The molecule has 0 unspecified atom stereocenters. The lowest BCUT2D eigenvalue weighted by Gasteiger charge is -2.15. The highest BCUT2D eigenvalue weighted by molar-refractivity contribution is 5.85. The minimum Gasteiger partial charge on any atom is -0.339 e. The monoisotopic (exact) mass is 269 g/mol. The van der Waals surface area contributed by atoms with Crippen molar-refractivity contribution < 1.29 is 18.0 Å². The van der Waals surface area contributed by atoms with E-state index >= 15 is 0 Å². The largest absolute Gasteiger partial charge is 0.418 e. The van der Waals surface area contributed by atoms with Crippen molar-refractivity contribution in [1.29, 1.82) is 0 Å². The van der Waals surface area contributed by atoms with E-state index in [9.17, 15) is 22.8 Å². The summed E-state index contributed by atoms with van der Waals surface area (Å²) in [5.41, 5.74) is -1.66. The number of halogens is 3. The Labute approximate surface area is 106 Å². The molecular weight excluding hydrogens is 259 g/mol. The van der Waals surface area contributed by atoms with Crippen molar-refractivity contribution >= 4 is 16.7 Å². The molecule has 0 bridgehead atoms. The number of hydrogen-bond acceptors (Lipinski definition) is 2. The van der Waals surface area contributed by atoms with Gasteiger partial charge in [0.2, 0.25) is 0 Å². The summed E-state index contributed by atoms with van der Waals surface area (Å²) in [6, 6.07) is 4.57. The number of carbonyl (C=O) groups excluding carboxylic acids is 1. The molecule has 2 aromatic rings. The SMILES string of the molecule is CC(=O)Cn1ccc(=O)c2cccc(C(F)(F)F)c21. The minimum atomic E-state index is -4.58. The van der Waals surface area contributed by atoms with Gasteiger partial charge in [0.05, 0.1) is 17.6 Å². The molecule has 3 nitrogen and oxygen atoms in total. The average Bonchev–Trinajstić information content (AvgIpc) is 2.30. The number of carbonyl (C=O) groups is 1. The van der Waals surface area contributed by atoms with Crippen LogP contribution in [0.15, 0.2) is 35.3 Å². The third kappa shape index (κ3) is 2.52. The summed E-state index contributed by atoms with van der Waals surface area (Å²) >= 11 is 0. The molecule has 19 heavy (non-hydrogen) atoms. The van der Waals surface area contributed by atoms with Crippen molar-refractivity contribution in [1.82, 2.24) is 4.57 Å². The van der Waals surface area contributed by atoms with Gasteiger partial charge in [-0.3, -0.25) is 9.59 Å². The van der Waals surface area contributed by atoms with Gasteiger partial charge in [-0.15, -0.1) is 0 Å². The molecule has 6 heteroatoms. The van der Waals surface area contributed by atoms with Gasteiger partial charge in [0.25, 0.3) is 0 Å². The van der Waals surface area contributed by atoms with Crippen LogP contribution in [0.1, 0.15) is 12.5 Å². The van der Waals surface area contributed by atoms with Crippen LogP contribution in [0.2, 0.25) is 0 Å². The van der Waals surface area contributed by atoms with Crippen LogP contribution in [0.4, 0.5) is 13.2 Å². The Kier molecular flexibility index (Phi) is 3.18. The maximum absolute atomic E-state index is 13.0. The smallest absolute Gasteiger partial charge is 0.339 e. The number of aromatic nitrogens is 1. The summed E-state index contributed by atoms with van der Waals surface area (Å²) in [7, 11) is 0. The predicted molar refractivity (Wildman–Crippen MR) is 63.9 cm³/mol. The highest BCUT2D eigenvalue weighted by Crippen LogP contribution is 2.33. The molecule has 100 valence electrons. The first kappa shape index (κ1) is 13.3. The highest BCUT2D eigenvalue weighted by atomic mass is 19.4. The van der Waals surface area contributed by atoms with Gasteiger partial charge < -0.3 is 4.57 Å². The van der Waals surface area contributed by atoms with E-state index in [4.69, 9.17) is 0 Å². The first-order valence-electron chi connectivity index (χ1n) is 5.49. The topological polar surface area (TPSA) is 39.1 Å². The van der Waals surface area contributed by atoms with Crippen LogP contribution in [-0.4, -0.2) is 10.4 Å². The third-order valence-corrected chi connectivity index (χ3v) is 2.69. The maximum Gasteiger partial charge on any atom is 0.418 e. The van der Waals surface area contributed by atoms with Crippen molar-refractivity contribution in [2.24, 2.45) is 0 Å².